The zero-order chi connectivity index (χ0) is 8.81. The quantitative estimate of drug-likeness (QED) is 0.569. The summed E-state index contributed by atoms with van der Waals surface area (Å²) in [5.74, 6) is 0.830. The van der Waals surface area contributed by atoms with Gasteiger partial charge in [-0.3, -0.25) is 0 Å². The molecule has 0 aliphatic carbocycles. The van der Waals surface area contributed by atoms with Crippen molar-refractivity contribution in [3.8, 4) is 0 Å². The van der Waals surface area contributed by atoms with E-state index in [1.165, 1.54) is 25.9 Å². The second kappa shape index (κ2) is 5.02. The van der Waals surface area contributed by atoms with Gasteiger partial charge >= 0.3 is 0 Å². The Balaban J connectivity index is 2.29. The van der Waals surface area contributed by atoms with Gasteiger partial charge in [-0.1, -0.05) is 18.2 Å². The van der Waals surface area contributed by atoms with Crippen LogP contribution in [0.1, 0.15) is 26.7 Å². The first-order valence-corrected chi connectivity index (χ1v) is 4.86. The maximum Gasteiger partial charge on any atom is 0.0178 e. The summed E-state index contributed by atoms with van der Waals surface area (Å²) in [6, 6.07) is 0. The molecule has 0 aromatic carbocycles. The SMILES string of the molecule is CC=CC1CCN(C=CC)CC1. The lowest BCUT2D eigenvalue weighted by Gasteiger charge is -2.29. The van der Waals surface area contributed by atoms with E-state index in [9.17, 15) is 0 Å². The fraction of sp³-hybridized carbons (Fsp3) is 0.636. The maximum absolute atomic E-state index is 2.40. The topological polar surface area (TPSA) is 3.24 Å². The predicted octanol–water partition coefficient (Wildman–Crippen LogP) is 2.81. The molecule has 1 heteroatoms. The van der Waals surface area contributed by atoms with Gasteiger partial charge in [-0.15, -0.1) is 0 Å². The number of hydrogen-bond donors (Lipinski definition) is 0. The van der Waals surface area contributed by atoms with Crippen LogP contribution >= 0.6 is 0 Å². The molecule has 0 unspecified atom stereocenters. The molecule has 0 amide bonds. The molecule has 68 valence electrons. The minimum Gasteiger partial charge on any atom is -0.378 e. The Morgan fingerprint density at radius 2 is 1.75 bits per heavy atom. The third-order valence-corrected chi connectivity index (χ3v) is 2.40. The molecule has 1 nitrogen and oxygen atoms in total. The zero-order valence-electron chi connectivity index (χ0n) is 8.16. The second-order valence-electron chi connectivity index (χ2n) is 3.38. The highest BCUT2D eigenvalue weighted by molar-refractivity contribution is 4.91. The fourth-order valence-corrected chi connectivity index (χ4v) is 1.74. The number of piperidine rings is 1. The van der Waals surface area contributed by atoms with Gasteiger partial charge in [-0.2, -0.15) is 0 Å². The molecule has 1 aliphatic heterocycles. The van der Waals surface area contributed by atoms with Crippen molar-refractivity contribution in [3.63, 3.8) is 0 Å². The van der Waals surface area contributed by atoms with Gasteiger partial charge in [0.05, 0.1) is 0 Å². The normalized spacial score (nSPS) is 21.3. The molecule has 1 fully saturated rings. The molecule has 0 spiro atoms. The lowest BCUT2D eigenvalue weighted by atomic mass is 9.97. The fourth-order valence-electron chi connectivity index (χ4n) is 1.74. The molecule has 1 heterocycles. The van der Waals surface area contributed by atoms with Crippen LogP contribution in [0.2, 0.25) is 0 Å². The molecule has 0 N–H and O–H groups in total. The van der Waals surface area contributed by atoms with Gasteiger partial charge in [0.1, 0.15) is 0 Å². The monoisotopic (exact) mass is 165 g/mol. The molecule has 0 saturated carbocycles. The first-order valence-electron chi connectivity index (χ1n) is 4.86. The van der Waals surface area contributed by atoms with E-state index in [4.69, 9.17) is 0 Å². The Morgan fingerprint density at radius 1 is 1.08 bits per heavy atom. The number of allylic oxidation sites excluding steroid dienone is 3. The van der Waals surface area contributed by atoms with E-state index in [-0.39, 0.29) is 0 Å². The third-order valence-electron chi connectivity index (χ3n) is 2.40. The van der Waals surface area contributed by atoms with Gasteiger partial charge in [-0.05, 0) is 38.8 Å². The van der Waals surface area contributed by atoms with Gasteiger partial charge in [0.2, 0.25) is 0 Å². The molecule has 1 rings (SSSR count). The van der Waals surface area contributed by atoms with E-state index >= 15 is 0 Å². The molecular formula is C11H19N. The zero-order valence-corrected chi connectivity index (χ0v) is 8.16. The Labute approximate surface area is 75.8 Å². The summed E-state index contributed by atoms with van der Waals surface area (Å²) in [7, 11) is 0. The Hall–Kier alpha value is -0.720. The molecule has 0 radical (unpaired) electrons. The molecular weight excluding hydrogens is 146 g/mol. The number of likely N-dealkylation sites (tertiary alicyclic amines) is 1. The van der Waals surface area contributed by atoms with Crippen LogP contribution in [0.25, 0.3) is 0 Å². The second-order valence-corrected chi connectivity index (χ2v) is 3.38. The van der Waals surface area contributed by atoms with Crippen LogP contribution in [-0.4, -0.2) is 18.0 Å². The van der Waals surface area contributed by atoms with Crippen molar-refractivity contribution in [1.29, 1.82) is 0 Å². The minimum absolute atomic E-state index is 0.830. The molecule has 0 atom stereocenters. The van der Waals surface area contributed by atoms with Crippen LogP contribution < -0.4 is 0 Å². The van der Waals surface area contributed by atoms with Crippen molar-refractivity contribution < 1.29 is 0 Å². The van der Waals surface area contributed by atoms with Gasteiger partial charge in [-0.25, -0.2) is 0 Å². The van der Waals surface area contributed by atoms with Crippen molar-refractivity contribution in [2.75, 3.05) is 13.1 Å². The molecule has 0 bridgehead atoms. The van der Waals surface area contributed by atoms with Crippen LogP contribution in [0.5, 0.6) is 0 Å². The summed E-state index contributed by atoms with van der Waals surface area (Å²) < 4.78 is 0. The summed E-state index contributed by atoms with van der Waals surface area (Å²) in [5.41, 5.74) is 0. The highest BCUT2D eigenvalue weighted by atomic mass is 15.1. The van der Waals surface area contributed by atoms with E-state index in [1.807, 2.05) is 0 Å². The largest absolute Gasteiger partial charge is 0.378 e. The minimum atomic E-state index is 0.830. The maximum atomic E-state index is 2.40. The predicted molar refractivity (Wildman–Crippen MR) is 53.9 cm³/mol. The number of rotatable bonds is 2. The van der Waals surface area contributed by atoms with E-state index in [1.54, 1.807) is 0 Å². The first-order chi connectivity index (χ1) is 5.86. The van der Waals surface area contributed by atoms with Crippen LogP contribution in [0.15, 0.2) is 24.4 Å². The molecule has 12 heavy (non-hydrogen) atoms. The average Bonchev–Trinajstić information content (AvgIpc) is 2.09. The highest BCUT2D eigenvalue weighted by Crippen LogP contribution is 2.18. The summed E-state index contributed by atoms with van der Waals surface area (Å²) >= 11 is 0. The van der Waals surface area contributed by atoms with Crippen LogP contribution in [-0.2, 0) is 0 Å². The Bertz CT molecular complexity index is 142. The van der Waals surface area contributed by atoms with Crippen molar-refractivity contribution in [1.82, 2.24) is 4.90 Å². The van der Waals surface area contributed by atoms with Crippen LogP contribution in [0, 0.1) is 5.92 Å². The van der Waals surface area contributed by atoms with Gasteiger partial charge in [0.25, 0.3) is 0 Å². The molecule has 0 aromatic rings. The highest BCUT2D eigenvalue weighted by Gasteiger charge is 2.13. The average molecular weight is 165 g/mol. The van der Waals surface area contributed by atoms with Crippen molar-refractivity contribution >= 4 is 0 Å². The first kappa shape index (κ1) is 9.37. The standard InChI is InChI=1S/C11H19N/c1-3-5-11-6-9-12(8-4-2)10-7-11/h3-5,8,11H,6-7,9-10H2,1-2H3. The molecule has 1 saturated heterocycles. The van der Waals surface area contributed by atoms with E-state index in [0.717, 1.165) is 5.92 Å². The number of hydrogen-bond acceptors (Lipinski definition) is 1. The van der Waals surface area contributed by atoms with Crippen molar-refractivity contribution in [2.24, 2.45) is 5.92 Å². The molecule has 1 aliphatic rings. The van der Waals surface area contributed by atoms with Crippen LogP contribution in [0.3, 0.4) is 0 Å². The Kier molecular flexibility index (Phi) is 3.92. The van der Waals surface area contributed by atoms with Gasteiger partial charge in [0, 0.05) is 13.1 Å². The van der Waals surface area contributed by atoms with Crippen LogP contribution in [0.4, 0.5) is 0 Å². The van der Waals surface area contributed by atoms with Crippen molar-refractivity contribution in [2.45, 2.75) is 26.7 Å². The van der Waals surface area contributed by atoms with Crippen molar-refractivity contribution in [3.05, 3.63) is 24.4 Å². The summed E-state index contributed by atoms with van der Waals surface area (Å²) in [6.07, 6.45) is 11.5. The van der Waals surface area contributed by atoms with E-state index < -0.39 is 0 Å². The lowest BCUT2D eigenvalue weighted by molar-refractivity contribution is 0.271. The smallest absolute Gasteiger partial charge is 0.0178 e. The Morgan fingerprint density at radius 3 is 2.25 bits per heavy atom. The summed E-state index contributed by atoms with van der Waals surface area (Å²) in [6.45, 7) is 6.63. The summed E-state index contributed by atoms with van der Waals surface area (Å²) in [4.78, 5) is 2.40. The van der Waals surface area contributed by atoms with Gasteiger partial charge < -0.3 is 4.90 Å². The summed E-state index contributed by atoms with van der Waals surface area (Å²) in [5, 5.41) is 0. The molecule has 0 aromatic heterocycles. The van der Waals surface area contributed by atoms with E-state index in [0.29, 0.717) is 0 Å². The van der Waals surface area contributed by atoms with Gasteiger partial charge in [0.15, 0.2) is 0 Å². The third kappa shape index (κ3) is 2.72. The lowest BCUT2D eigenvalue weighted by Crippen LogP contribution is -2.28. The van der Waals surface area contributed by atoms with E-state index in [2.05, 4.69) is 43.2 Å². The number of nitrogens with zero attached hydrogens (tertiary/aromatic N) is 1.